The molecule has 0 amide bonds. The Bertz CT molecular complexity index is 1500. The van der Waals surface area contributed by atoms with E-state index in [9.17, 15) is 9.59 Å². The number of nitrogens with zero attached hydrogens (tertiary/aromatic N) is 2. The maximum Gasteiger partial charge on any atom is 0.205 e. The van der Waals surface area contributed by atoms with Crippen LogP contribution < -0.4 is 0 Å². The number of hydrogen-bond acceptors (Lipinski definition) is 3. The Morgan fingerprint density at radius 3 is 2.67 bits per heavy atom. The van der Waals surface area contributed by atoms with E-state index in [4.69, 9.17) is 11.4 Å². The van der Waals surface area contributed by atoms with Crippen molar-refractivity contribution in [3.8, 4) is 12.3 Å². The fourth-order valence-corrected chi connectivity index (χ4v) is 4.56. The SMILES string of the molecule is C#CCC(=O)C1=C([N+](=C)C=C)CC(=CCC)C2=NC(CC=Cc3ccc(CC(C)=CC)cc3)=C=CCC=C2C1=O. The molecule has 0 bridgehead atoms. The van der Waals surface area contributed by atoms with Crippen LogP contribution in [0.3, 0.4) is 0 Å². The molecular formula is C36H37N2O2+. The van der Waals surface area contributed by atoms with Crippen molar-refractivity contribution >= 4 is 30.1 Å². The molecule has 4 nitrogen and oxygen atoms in total. The van der Waals surface area contributed by atoms with Gasteiger partial charge in [-0.25, -0.2) is 4.99 Å². The highest BCUT2D eigenvalue weighted by Gasteiger charge is 2.37. The molecule has 40 heavy (non-hydrogen) atoms. The van der Waals surface area contributed by atoms with Crippen LogP contribution in [0.1, 0.15) is 64.0 Å². The first kappa shape index (κ1) is 30.0. The maximum absolute atomic E-state index is 13.9. The molecule has 0 atom stereocenters. The molecule has 0 saturated heterocycles. The normalized spacial score (nSPS) is 16.9. The third-order valence-corrected chi connectivity index (χ3v) is 6.77. The maximum atomic E-state index is 13.9. The Labute approximate surface area is 238 Å². The molecule has 0 spiro atoms. The van der Waals surface area contributed by atoms with E-state index in [1.54, 1.807) is 0 Å². The molecule has 0 fully saturated rings. The minimum atomic E-state index is -0.404. The van der Waals surface area contributed by atoms with E-state index >= 15 is 0 Å². The Kier molecular flexibility index (Phi) is 10.9. The van der Waals surface area contributed by atoms with Gasteiger partial charge >= 0.3 is 0 Å². The lowest BCUT2D eigenvalue weighted by atomic mass is 9.93. The summed E-state index contributed by atoms with van der Waals surface area (Å²) in [6, 6.07) is 8.53. The van der Waals surface area contributed by atoms with E-state index in [2.05, 4.69) is 81.3 Å². The number of aliphatic imine (C=N–C) groups is 1. The van der Waals surface area contributed by atoms with Gasteiger partial charge in [-0.15, -0.1) is 12.2 Å². The number of rotatable bonds is 10. The van der Waals surface area contributed by atoms with E-state index in [0.29, 0.717) is 41.9 Å². The van der Waals surface area contributed by atoms with Crippen LogP contribution in [0.4, 0.5) is 0 Å². The fourth-order valence-electron chi connectivity index (χ4n) is 4.56. The lowest BCUT2D eigenvalue weighted by Gasteiger charge is -2.12. The average molecular weight is 530 g/mol. The highest BCUT2D eigenvalue weighted by atomic mass is 16.1. The number of carbonyl (C=O) groups is 2. The minimum Gasteiger partial charge on any atom is -0.293 e. The molecule has 3 rings (SSSR count). The number of carbonyl (C=O) groups excluding carboxylic acids is 2. The zero-order valence-corrected chi connectivity index (χ0v) is 23.8. The predicted octanol–water partition coefficient (Wildman–Crippen LogP) is 7.42. The molecule has 202 valence electrons. The number of allylic oxidation sites excluding steroid dienone is 8. The molecule has 2 aliphatic rings. The van der Waals surface area contributed by atoms with Crippen molar-refractivity contribution in [2.75, 3.05) is 0 Å². The second-order valence-corrected chi connectivity index (χ2v) is 9.69. The highest BCUT2D eigenvalue weighted by molar-refractivity contribution is 6.40. The third-order valence-electron chi connectivity index (χ3n) is 6.77. The average Bonchev–Trinajstić information content (AvgIpc) is 3.04. The molecule has 1 aromatic rings. The van der Waals surface area contributed by atoms with Crippen LogP contribution in [-0.2, 0) is 16.0 Å². The Morgan fingerprint density at radius 1 is 1.27 bits per heavy atom. The van der Waals surface area contributed by atoms with Crippen LogP contribution in [0.5, 0.6) is 0 Å². The quantitative estimate of drug-likeness (QED) is 0.0791. The van der Waals surface area contributed by atoms with Crippen LogP contribution in [0.2, 0.25) is 0 Å². The van der Waals surface area contributed by atoms with Gasteiger partial charge in [0.05, 0.1) is 24.3 Å². The van der Waals surface area contributed by atoms with E-state index in [1.807, 2.05) is 25.2 Å². The molecule has 1 aromatic carbocycles. The standard InChI is InChI=1S/C36H37N2O2/c1-7-14-29-25-32(38(6)10-4)34(33(39)15-8-2)36(40)31-19-12-11-17-30(37-35(29)31)18-13-16-27-20-22-28(23-21-27)24-26(5)9-3/h2,9-11,13-14,16,19-23H,4,6-7,12,15,18,24-25H2,1,3,5H3/q+1. The molecule has 0 saturated carbocycles. The smallest absolute Gasteiger partial charge is 0.205 e. The summed E-state index contributed by atoms with van der Waals surface area (Å²) in [6.07, 6.45) is 21.8. The fraction of sp³-hybridized carbons (Fsp3) is 0.250. The van der Waals surface area contributed by atoms with Gasteiger partial charge in [0.25, 0.3) is 0 Å². The molecule has 4 heteroatoms. The summed E-state index contributed by atoms with van der Waals surface area (Å²) in [5.74, 6) is 1.59. The highest BCUT2D eigenvalue weighted by Crippen LogP contribution is 2.31. The molecule has 1 heterocycles. The Morgan fingerprint density at radius 2 is 2.02 bits per heavy atom. The number of benzene rings is 1. The largest absolute Gasteiger partial charge is 0.293 e. The van der Waals surface area contributed by atoms with Crippen molar-refractivity contribution < 1.29 is 14.2 Å². The van der Waals surface area contributed by atoms with E-state index in [0.717, 1.165) is 24.0 Å². The number of ketones is 2. The molecule has 1 aliphatic heterocycles. The van der Waals surface area contributed by atoms with Crippen molar-refractivity contribution in [1.29, 1.82) is 0 Å². The first-order valence-corrected chi connectivity index (χ1v) is 13.6. The minimum absolute atomic E-state index is 0.0503. The van der Waals surface area contributed by atoms with Crippen molar-refractivity contribution in [3.63, 3.8) is 0 Å². The van der Waals surface area contributed by atoms with Crippen molar-refractivity contribution in [3.05, 3.63) is 118 Å². The van der Waals surface area contributed by atoms with Gasteiger partial charge in [0.2, 0.25) is 11.5 Å². The van der Waals surface area contributed by atoms with Crippen molar-refractivity contribution in [2.24, 2.45) is 4.99 Å². The summed E-state index contributed by atoms with van der Waals surface area (Å²) < 4.78 is 1.48. The molecule has 0 unspecified atom stereocenters. The van der Waals surface area contributed by atoms with Crippen LogP contribution in [0.25, 0.3) is 6.08 Å². The van der Waals surface area contributed by atoms with E-state index in [1.165, 1.54) is 21.9 Å². The van der Waals surface area contributed by atoms with Gasteiger partial charge in [-0.2, -0.15) is 4.58 Å². The van der Waals surface area contributed by atoms with Gasteiger partial charge < -0.3 is 0 Å². The van der Waals surface area contributed by atoms with Crippen LogP contribution in [0.15, 0.2) is 112 Å². The van der Waals surface area contributed by atoms with Crippen molar-refractivity contribution in [1.82, 2.24) is 0 Å². The first-order valence-electron chi connectivity index (χ1n) is 13.6. The number of terminal acetylenes is 1. The number of fused-ring (bicyclic) bond motifs is 1. The molecule has 0 aromatic heterocycles. The second kappa shape index (κ2) is 14.5. The van der Waals surface area contributed by atoms with Gasteiger partial charge in [0.1, 0.15) is 12.3 Å². The third kappa shape index (κ3) is 7.50. The summed E-state index contributed by atoms with van der Waals surface area (Å²) in [6.45, 7) is 14.0. The molecule has 0 N–H and O–H groups in total. The monoisotopic (exact) mass is 529 g/mol. The lowest BCUT2D eigenvalue weighted by molar-refractivity contribution is -0.393. The Balaban J connectivity index is 1.97. The zero-order chi connectivity index (χ0) is 29.1. The van der Waals surface area contributed by atoms with Gasteiger partial charge in [0.15, 0.2) is 12.0 Å². The molecule has 1 aliphatic carbocycles. The van der Waals surface area contributed by atoms with Crippen LogP contribution in [-0.4, -0.2) is 28.6 Å². The summed E-state index contributed by atoms with van der Waals surface area (Å²) in [7, 11) is 0. The lowest BCUT2D eigenvalue weighted by Crippen LogP contribution is -2.21. The van der Waals surface area contributed by atoms with Crippen LogP contribution >= 0.6 is 0 Å². The summed E-state index contributed by atoms with van der Waals surface area (Å²) in [5, 5.41) is 0. The summed E-state index contributed by atoms with van der Waals surface area (Å²) >= 11 is 0. The topological polar surface area (TPSA) is 49.5 Å². The van der Waals surface area contributed by atoms with E-state index in [-0.39, 0.29) is 17.8 Å². The van der Waals surface area contributed by atoms with Gasteiger partial charge in [0, 0.05) is 12.0 Å². The zero-order valence-electron chi connectivity index (χ0n) is 23.8. The van der Waals surface area contributed by atoms with E-state index < -0.39 is 5.78 Å². The Hall–Kier alpha value is -4.58. The molecular weight excluding hydrogens is 492 g/mol. The summed E-state index contributed by atoms with van der Waals surface area (Å²) in [4.78, 5) is 31.9. The number of hydrogen-bond donors (Lipinski definition) is 0. The molecule has 0 radical (unpaired) electrons. The van der Waals surface area contributed by atoms with Gasteiger partial charge in [-0.1, -0.05) is 73.1 Å². The first-order chi connectivity index (χ1) is 19.3. The predicted molar refractivity (Wildman–Crippen MR) is 166 cm³/mol. The number of Topliss-reactive ketones (excluding diaryl/α,β-unsaturated/α-hetero) is 2. The van der Waals surface area contributed by atoms with Gasteiger partial charge in [-0.3, -0.25) is 9.59 Å². The van der Waals surface area contributed by atoms with Crippen molar-refractivity contribution in [2.45, 2.75) is 59.3 Å². The van der Waals surface area contributed by atoms with Gasteiger partial charge in [-0.05, 0) is 62.5 Å². The van der Waals surface area contributed by atoms with Crippen LogP contribution in [0, 0.1) is 12.3 Å². The second-order valence-electron chi connectivity index (χ2n) is 9.69. The summed E-state index contributed by atoms with van der Waals surface area (Å²) in [5.41, 5.74) is 10.1.